The van der Waals surface area contributed by atoms with Gasteiger partial charge < -0.3 is 15.0 Å². The van der Waals surface area contributed by atoms with Crippen molar-refractivity contribution in [3.63, 3.8) is 0 Å². The first-order valence-electron chi connectivity index (χ1n) is 8.22. The summed E-state index contributed by atoms with van der Waals surface area (Å²) in [6.45, 7) is 5.06. The Bertz CT molecular complexity index is 632. The molecule has 24 heavy (non-hydrogen) atoms. The highest BCUT2D eigenvalue weighted by Crippen LogP contribution is 2.18. The molecule has 1 aliphatic carbocycles. The zero-order valence-corrected chi connectivity index (χ0v) is 13.7. The largest absolute Gasteiger partial charge is 0.378 e. The Morgan fingerprint density at radius 3 is 2.42 bits per heavy atom. The van der Waals surface area contributed by atoms with Crippen molar-refractivity contribution in [2.24, 2.45) is 5.10 Å². The maximum atomic E-state index is 11.7. The van der Waals surface area contributed by atoms with Crippen molar-refractivity contribution in [1.82, 2.24) is 10.7 Å². The predicted octanol–water partition coefficient (Wildman–Crippen LogP) is 0.642. The zero-order chi connectivity index (χ0) is 16.9. The molecule has 2 fully saturated rings. The van der Waals surface area contributed by atoms with Gasteiger partial charge >= 0.3 is 11.8 Å². The molecule has 128 valence electrons. The lowest BCUT2D eigenvalue weighted by Crippen LogP contribution is -2.39. The van der Waals surface area contributed by atoms with E-state index in [1.54, 1.807) is 6.92 Å². The monoisotopic (exact) mass is 330 g/mol. The van der Waals surface area contributed by atoms with Gasteiger partial charge in [0.2, 0.25) is 0 Å². The van der Waals surface area contributed by atoms with E-state index in [0.29, 0.717) is 5.71 Å². The summed E-state index contributed by atoms with van der Waals surface area (Å²) in [4.78, 5) is 25.5. The lowest BCUT2D eigenvalue weighted by atomic mass is 10.1. The third-order valence-corrected chi connectivity index (χ3v) is 4.11. The molecule has 1 aromatic carbocycles. The lowest BCUT2D eigenvalue weighted by Gasteiger charge is -2.28. The van der Waals surface area contributed by atoms with Crippen LogP contribution in [0.4, 0.5) is 5.69 Å². The Hall–Kier alpha value is -2.41. The van der Waals surface area contributed by atoms with Crippen molar-refractivity contribution >= 4 is 23.2 Å². The summed E-state index contributed by atoms with van der Waals surface area (Å²) in [5, 5.41) is 6.63. The van der Waals surface area contributed by atoms with Gasteiger partial charge in [0, 0.05) is 24.8 Å². The molecule has 7 nitrogen and oxygen atoms in total. The molecule has 0 atom stereocenters. The number of amides is 2. The van der Waals surface area contributed by atoms with E-state index >= 15 is 0 Å². The quantitative estimate of drug-likeness (QED) is 0.482. The summed E-state index contributed by atoms with van der Waals surface area (Å²) in [5.41, 5.74) is 4.99. The van der Waals surface area contributed by atoms with Crippen molar-refractivity contribution in [3.05, 3.63) is 29.8 Å². The minimum absolute atomic E-state index is 0.154. The lowest BCUT2D eigenvalue weighted by molar-refractivity contribution is -0.139. The van der Waals surface area contributed by atoms with Gasteiger partial charge in [0.25, 0.3) is 0 Å². The number of nitrogens with one attached hydrogen (secondary N) is 2. The van der Waals surface area contributed by atoms with Gasteiger partial charge in [-0.15, -0.1) is 0 Å². The third-order valence-electron chi connectivity index (χ3n) is 4.11. The van der Waals surface area contributed by atoms with Gasteiger partial charge in [-0.3, -0.25) is 9.59 Å². The fourth-order valence-electron chi connectivity index (χ4n) is 2.46. The number of hydrazone groups is 1. The molecule has 1 heterocycles. The molecule has 2 amide bonds. The number of nitrogens with zero attached hydrogens (tertiary/aromatic N) is 2. The van der Waals surface area contributed by atoms with Crippen LogP contribution in [0.5, 0.6) is 0 Å². The van der Waals surface area contributed by atoms with Crippen molar-refractivity contribution in [2.75, 3.05) is 31.2 Å². The van der Waals surface area contributed by atoms with Crippen LogP contribution in [-0.2, 0) is 14.3 Å². The fourth-order valence-corrected chi connectivity index (χ4v) is 2.46. The molecule has 2 N–H and O–H groups in total. The Balaban J connectivity index is 1.56. The van der Waals surface area contributed by atoms with Crippen LogP contribution >= 0.6 is 0 Å². The molecule has 1 saturated heterocycles. The second-order valence-corrected chi connectivity index (χ2v) is 6.03. The number of benzene rings is 1. The summed E-state index contributed by atoms with van der Waals surface area (Å²) >= 11 is 0. The Kier molecular flexibility index (Phi) is 5.10. The Morgan fingerprint density at radius 2 is 1.79 bits per heavy atom. The molecule has 1 saturated carbocycles. The van der Waals surface area contributed by atoms with Crippen LogP contribution in [0.1, 0.15) is 25.3 Å². The molecule has 7 heteroatoms. The van der Waals surface area contributed by atoms with E-state index in [9.17, 15) is 9.59 Å². The van der Waals surface area contributed by atoms with Gasteiger partial charge in [-0.1, -0.05) is 12.1 Å². The van der Waals surface area contributed by atoms with Crippen LogP contribution in [-0.4, -0.2) is 49.9 Å². The van der Waals surface area contributed by atoms with E-state index in [1.807, 2.05) is 24.3 Å². The van der Waals surface area contributed by atoms with Crippen molar-refractivity contribution < 1.29 is 14.3 Å². The van der Waals surface area contributed by atoms with Gasteiger partial charge in [-0.2, -0.15) is 5.10 Å². The first kappa shape index (κ1) is 16.4. The fraction of sp³-hybridized carbons (Fsp3) is 0.471. The van der Waals surface area contributed by atoms with E-state index in [2.05, 4.69) is 20.7 Å². The minimum atomic E-state index is -0.730. The standard InChI is InChI=1S/C17H22N4O3/c1-12(19-20-17(23)16(22)18-14-4-5-14)13-2-6-15(7-3-13)21-8-10-24-11-9-21/h2-3,6-7,14H,4-5,8-11H2,1H3,(H,18,22)(H,20,23)/b19-12-. The normalized spacial score (nSPS) is 18.2. The number of carbonyl (C=O) groups excluding carboxylic acids is 2. The Labute approximate surface area is 141 Å². The van der Waals surface area contributed by atoms with Gasteiger partial charge in [0.15, 0.2) is 0 Å². The van der Waals surface area contributed by atoms with Crippen molar-refractivity contribution in [2.45, 2.75) is 25.8 Å². The van der Waals surface area contributed by atoms with Crippen LogP contribution in [0.25, 0.3) is 0 Å². The molecule has 0 aromatic heterocycles. The summed E-state index contributed by atoms with van der Waals surface area (Å²) < 4.78 is 5.35. The molecular weight excluding hydrogens is 308 g/mol. The van der Waals surface area contributed by atoms with Gasteiger partial charge in [-0.05, 0) is 37.5 Å². The first-order valence-corrected chi connectivity index (χ1v) is 8.22. The zero-order valence-electron chi connectivity index (χ0n) is 13.7. The summed E-state index contributed by atoms with van der Waals surface area (Å²) in [6, 6.07) is 8.13. The number of carbonyl (C=O) groups is 2. The number of morpholine rings is 1. The average molecular weight is 330 g/mol. The van der Waals surface area contributed by atoms with Crippen molar-refractivity contribution in [3.8, 4) is 0 Å². The highest BCUT2D eigenvalue weighted by Gasteiger charge is 2.26. The highest BCUT2D eigenvalue weighted by molar-refractivity contribution is 6.35. The minimum Gasteiger partial charge on any atom is -0.378 e. The molecule has 1 aromatic rings. The topological polar surface area (TPSA) is 83.0 Å². The van der Waals surface area contributed by atoms with E-state index in [-0.39, 0.29) is 6.04 Å². The van der Waals surface area contributed by atoms with E-state index in [1.165, 1.54) is 0 Å². The predicted molar refractivity (Wildman–Crippen MR) is 91.0 cm³/mol. The van der Waals surface area contributed by atoms with Gasteiger partial charge in [-0.25, -0.2) is 5.43 Å². The van der Waals surface area contributed by atoms with Gasteiger partial charge in [0.05, 0.1) is 18.9 Å². The maximum absolute atomic E-state index is 11.7. The Morgan fingerprint density at radius 1 is 1.12 bits per heavy atom. The molecular formula is C17H22N4O3. The maximum Gasteiger partial charge on any atom is 0.329 e. The molecule has 1 aliphatic heterocycles. The SMILES string of the molecule is C/C(=N/NC(=O)C(=O)NC1CC1)c1ccc(N2CCOCC2)cc1. The van der Waals surface area contributed by atoms with Crippen LogP contribution in [0, 0.1) is 0 Å². The summed E-state index contributed by atoms with van der Waals surface area (Å²) in [5.74, 6) is -1.36. The number of anilines is 1. The number of rotatable bonds is 4. The molecule has 0 bridgehead atoms. The average Bonchev–Trinajstić information content (AvgIpc) is 3.44. The second-order valence-electron chi connectivity index (χ2n) is 6.03. The number of hydrogen-bond donors (Lipinski definition) is 2. The van der Waals surface area contributed by atoms with Gasteiger partial charge in [0.1, 0.15) is 0 Å². The van der Waals surface area contributed by atoms with E-state index < -0.39 is 11.8 Å². The number of ether oxygens (including phenoxy) is 1. The smallest absolute Gasteiger partial charge is 0.329 e. The summed E-state index contributed by atoms with van der Waals surface area (Å²) in [6.07, 6.45) is 1.88. The van der Waals surface area contributed by atoms with Crippen LogP contribution < -0.4 is 15.6 Å². The molecule has 0 spiro atoms. The second kappa shape index (κ2) is 7.44. The molecule has 0 radical (unpaired) electrons. The van der Waals surface area contributed by atoms with Crippen LogP contribution in [0.3, 0.4) is 0 Å². The highest BCUT2D eigenvalue weighted by atomic mass is 16.5. The van der Waals surface area contributed by atoms with Crippen molar-refractivity contribution in [1.29, 1.82) is 0 Å². The third kappa shape index (κ3) is 4.32. The van der Waals surface area contributed by atoms with Crippen LogP contribution in [0.2, 0.25) is 0 Å². The molecule has 2 aliphatic rings. The molecule has 3 rings (SSSR count). The molecule has 0 unspecified atom stereocenters. The van der Waals surface area contributed by atoms with E-state index in [0.717, 1.165) is 50.4 Å². The van der Waals surface area contributed by atoms with Crippen LogP contribution in [0.15, 0.2) is 29.4 Å². The van der Waals surface area contributed by atoms with E-state index in [4.69, 9.17) is 4.74 Å². The first-order chi connectivity index (χ1) is 11.6. The number of hydrogen-bond acceptors (Lipinski definition) is 5. The summed E-state index contributed by atoms with van der Waals surface area (Å²) in [7, 11) is 0.